The standard InChI is InChI=1S/C16H19BrFNOS/c1-4-8-19-16(11-9-14(17)21-10(11)2)15-12(18)6-5-7-13(15)20-3/h5-7,9,16,19H,4,8H2,1-3H3. The van der Waals surface area contributed by atoms with Crippen molar-refractivity contribution in [2.45, 2.75) is 26.3 Å². The molecular formula is C16H19BrFNOS. The van der Waals surface area contributed by atoms with Crippen molar-refractivity contribution in [1.29, 1.82) is 0 Å². The first kappa shape index (κ1) is 16.5. The molecule has 1 aromatic carbocycles. The molecule has 1 unspecified atom stereocenters. The zero-order valence-corrected chi connectivity index (χ0v) is 14.8. The number of methoxy groups -OCH3 is 1. The zero-order valence-electron chi connectivity index (χ0n) is 12.4. The van der Waals surface area contributed by atoms with Crippen molar-refractivity contribution in [2.75, 3.05) is 13.7 Å². The van der Waals surface area contributed by atoms with Crippen LogP contribution in [0.15, 0.2) is 28.1 Å². The van der Waals surface area contributed by atoms with Crippen LogP contribution in [0.3, 0.4) is 0 Å². The second-order valence-electron chi connectivity index (χ2n) is 4.80. The lowest BCUT2D eigenvalue weighted by Crippen LogP contribution is -2.24. The Labute approximate surface area is 137 Å². The van der Waals surface area contributed by atoms with Crippen molar-refractivity contribution < 1.29 is 9.13 Å². The lowest BCUT2D eigenvalue weighted by atomic mass is 9.97. The molecule has 1 atom stereocenters. The van der Waals surface area contributed by atoms with E-state index in [0.717, 1.165) is 22.3 Å². The van der Waals surface area contributed by atoms with E-state index in [4.69, 9.17) is 4.74 Å². The van der Waals surface area contributed by atoms with E-state index >= 15 is 0 Å². The van der Waals surface area contributed by atoms with Crippen LogP contribution in [0.5, 0.6) is 5.75 Å². The zero-order chi connectivity index (χ0) is 15.4. The predicted octanol–water partition coefficient (Wildman–Crippen LogP) is 5.06. The van der Waals surface area contributed by atoms with Crippen LogP contribution >= 0.6 is 27.3 Å². The fraction of sp³-hybridized carbons (Fsp3) is 0.375. The van der Waals surface area contributed by atoms with E-state index < -0.39 is 0 Å². The van der Waals surface area contributed by atoms with Gasteiger partial charge in [-0.2, -0.15) is 0 Å². The molecule has 1 aromatic heterocycles. The first-order valence-corrected chi connectivity index (χ1v) is 8.51. The third kappa shape index (κ3) is 3.65. The highest BCUT2D eigenvalue weighted by atomic mass is 79.9. The summed E-state index contributed by atoms with van der Waals surface area (Å²) in [6.07, 6.45) is 0.984. The van der Waals surface area contributed by atoms with Crippen molar-refractivity contribution in [1.82, 2.24) is 5.32 Å². The summed E-state index contributed by atoms with van der Waals surface area (Å²) in [4.78, 5) is 1.17. The summed E-state index contributed by atoms with van der Waals surface area (Å²) in [5.41, 5.74) is 1.66. The number of rotatable bonds is 6. The third-order valence-corrected chi connectivity index (χ3v) is 4.93. The van der Waals surface area contributed by atoms with Gasteiger partial charge in [0.1, 0.15) is 11.6 Å². The summed E-state index contributed by atoms with van der Waals surface area (Å²) in [6, 6.07) is 6.80. The number of halogens is 2. The van der Waals surface area contributed by atoms with Gasteiger partial charge in [0, 0.05) is 4.88 Å². The van der Waals surface area contributed by atoms with E-state index in [0.29, 0.717) is 11.3 Å². The number of benzene rings is 1. The summed E-state index contributed by atoms with van der Waals surface area (Å²) < 4.78 is 20.8. The predicted molar refractivity (Wildman–Crippen MR) is 89.8 cm³/mol. The Morgan fingerprint density at radius 2 is 2.19 bits per heavy atom. The van der Waals surface area contributed by atoms with E-state index in [2.05, 4.69) is 41.2 Å². The number of thiophene rings is 1. The molecule has 114 valence electrons. The van der Waals surface area contributed by atoms with Gasteiger partial charge in [0.05, 0.1) is 22.5 Å². The molecule has 5 heteroatoms. The minimum atomic E-state index is -0.246. The maximum Gasteiger partial charge on any atom is 0.132 e. The van der Waals surface area contributed by atoms with Gasteiger partial charge in [0.2, 0.25) is 0 Å². The van der Waals surface area contributed by atoms with Crippen LogP contribution < -0.4 is 10.1 Å². The fourth-order valence-corrected chi connectivity index (χ4v) is 4.12. The van der Waals surface area contributed by atoms with Gasteiger partial charge < -0.3 is 10.1 Å². The molecule has 2 aromatic rings. The lowest BCUT2D eigenvalue weighted by molar-refractivity contribution is 0.396. The summed E-state index contributed by atoms with van der Waals surface area (Å²) in [6.45, 7) is 4.97. The summed E-state index contributed by atoms with van der Waals surface area (Å²) in [5.74, 6) is 0.329. The van der Waals surface area contributed by atoms with Gasteiger partial charge in [-0.1, -0.05) is 13.0 Å². The van der Waals surface area contributed by atoms with Crippen molar-refractivity contribution in [3.63, 3.8) is 0 Å². The number of hydrogen-bond acceptors (Lipinski definition) is 3. The first-order chi connectivity index (χ1) is 10.1. The summed E-state index contributed by atoms with van der Waals surface area (Å²) >= 11 is 5.17. The SMILES string of the molecule is CCCNC(c1cc(Br)sc1C)c1c(F)cccc1OC. The molecule has 0 bridgehead atoms. The monoisotopic (exact) mass is 371 g/mol. The van der Waals surface area contributed by atoms with Crippen molar-refractivity contribution in [3.05, 3.63) is 49.9 Å². The van der Waals surface area contributed by atoms with Crippen LogP contribution in [-0.2, 0) is 0 Å². The fourth-order valence-electron chi connectivity index (χ4n) is 2.38. The molecule has 0 amide bonds. The molecule has 0 aliphatic carbocycles. The Morgan fingerprint density at radius 3 is 2.76 bits per heavy atom. The molecule has 2 rings (SSSR count). The highest BCUT2D eigenvalue weighted by Crippen LogP contribution is 2.38. The lowest BCUT2D eigenvalue weighted by Gasteiger charge is -2.22. The Kier molecular flexibility index (Phi) is 5.79. The number of nitrogens with one attached hydrogen (secondary N) is 1. The number of ether oxygens (including phenoxy) is 1. The summed E-state index contributed by atoms with van der Waals surface area (Å²) in [5, 5.41) is 3.44. The Morgan fingerprint density at radius 1 is 1.43 bits per heavy atom. The molecule has 1 heterocycles. The Hall–Kier alpha value is -0.910. The minimum absolute atomic E-state index is 0.205. The highest BCUT2D eigenvalue weighted by Gasteiger charge is 2.24. The molecule has 0 saturated heterocycles. The largest absolute Gasteiger partial charge is 0.496 e. The number of aryl methyl sites for hydroxylation is 1. The highest BCUT2D eigenvalue weighted by molar-refractivity contribution is 9.11. The molecule has 2 nitrogen and oxygen atoms in total. The molecule has 21 heavy (non-hydrogen) atoms. The van der Waals surface area contributed by atoms with Crippen LogP contribution in [0.25, 0.3) is 0 Å². The van der Waals surface area contributed by atoms with Gasteiger partial charge in [0.15, 0.2) is 0 Å². The van der Waals surface area contributed by atoms with Crippen LogP contribution in [0.2, 0.25) is 0 Å². The smallest absolute Gasteiger partial charge is 0.132 e. The molecule has 1 N–H and O–H groups in total. The molecule has 0 aliphatic rings. The average molecular weight is 372 g/mol. The van der Waals surface area contributed by atoms with Crippen LogP contribution in [0.4, 0.5) is 4.39 Å². The Bertz CT molecular complexity index is 614. The van der Waals surface area contributed by atoms with Gasteiger partial charge in [-0.25, -0.2) is 4.39 Å². The third-order valence-electron chi connectivity index (χ3n) is 3.36. The van der Waals surface area contributed by atoms with E-state index in [1.54, 1.807) is 30.6 Å². The molecular weight excluding hydrogens is 353 g/mol. The topological polar surface area (TPSA) is 21.3 Å². The van der Waals surface area contributed by atoms with E-state index in [1.807, 2.05) is 0 Å². The molecule has 0 radical (unpaired) electrons. The van der Waals surface area contributed by atoms with Gasteiger partial charge in [0.25, 0.3) is 0 Å². The first-order valence-electron chi connectivity index (χ1n) is 6.90. The second-order valence-corrected chi connectivity index (χ2v) is 7.44. The maximum absolute atomic E-state index is 14.4. The van der Waals surface area contributed by atoms with Gasteiger partial charge in [-0.15, -0.1) is 11.3 Å². The van der Waals surface area contributed by atoms with Gasteiger partial charge in [-0.05, 0) is 59.6 Å². The average Bonchev–Trinajstić information content (AvgIpc) is 2.79. The van der Waals surface area contributed by atoms with Crippen molar-refractivity contribution in [3.8, 4) is 5.75 Å². The van der Waals surface area contributed by atoms with E-state index in [9.17, 15) is 4.39 Å². The van der Waals surface area contributed by atoms with Crippen molar-refractivity contribution in [2.24, 2.45) is 0 Å². The second kappa shape index (κ2) is 7.38. The van der Waals surface area contributed by atoms with Crippen LogP contribution in [-0.4, -0.2) is 13.7 Å². The molecule has 0 aliphatic heterocycles. The normalized spacial score (nSPS) is 12.4. The molecule has 0 fully saturated rings. The van der Waals surface area contributed by atoms with Gasteiger partial charge >= 0.3 is 0 Å². The van der Waals surface area contributed by atoms with Gasteiger partial charge in [-0.3, -0.25) is 0 Å². The van der Waals surface area contributed by atoms with Crippen LogP contribution in [0, 0.1) is 12.7 Å². The van der Waals surface area contributed by atoms with Crippen molar-refractivity contribution >= 4 is 27.3 Å². The number of hydrogen-bond donors (Lipinski definition) is 1. The molecule has 0 saturated carbocycles. The van der Waals surface area contributed by atoms with E-state index in [1.165, 1.54) is 10.9 Å². The molecule has 0 spiro atoms. The van der Waals surface area contributed by atoms with Crippen LogP contribution in [0.1, 0.15) is 35.4 Å². The van der Waals surface area contributed by atoms with E-state index in [-0.39, 0.29) is 11.9 Å². The maximum atomic E-state index is 14.4. The summed E-state index contributed by atoms with van der Waals surface area (Å²) in [7, 11) is 1.57. The Balaban J connectivity index is 2.53. The quantitative estimate of drug-likeness (QED) is 0.766. The minimum Gasteiger partial charge on any atom is -0.496 e.